The normalized spacial score (nSPS) is 26.9. The first-order valence-electron chi connectivity index (χ1n) is 12.2. The van der Waals surface area contributed by atoms with Crippen molar-refractivity contribution < 1.29 is 32.9 Å². The van der Waals surface area contributed by atoms with Crippen LogP contribution in [0.3, 0.4) is 0 Å². The zero-order chi connectivity index (χ0) is 27.0. The Morgan fingerprint density at radius 2 is 1.84 bits per heavy atom. The van der Waals surface area contributed by atoms with Crippen molar-refractivity contribution in [3.8, 4) is 17.3 Å². The van der Waals surface area contributed by atoms with E-state index in [9.17, 15) is 28.6 Å². The molecule has 38 heavy (non-hydrogen) atoms. The molecular weight excluding hydrogens is 507 g/mol. The molecule has 2 fully saturated rings. The van der Waals surface area contributed by atoms with Gasteiger partial charge in [0.2, 0.25) is 0 Å². The number of hydrogen-bond acceptors (Lipinski definition) is 9. The second-order valence-corrected chi connectivity index (χ2v) is 9.64. The fourth-order valence-electron chi connectivity index (χ4n) is 5.37. The molecule has 2 aromatic heterocycles. The van der Waals surface area contributed by atoms with E-state index < -0.39 is 59.9 Å². The molecule has 0 unspecified atom stereocenters. The number of ether oxygens (including phenoxy) is 2. The van der Waals surface area contributed by atoms with Gasteiger partial charge in [-0.05, 0) is 25.0 Å². The molecule has 5 atom stereocenters. The fourth-order valence-corrected chi connectivity index (χ4v) is 5.37. The number of halogens is 3. The van der Waals surface area contributed by atoms with Crippen molar-refractivity contribution in [2.75, 3.05) is 13.7 Å². The number of aliphatic hydroxyl groups is 2. The Bertz CT molecular complexity index is 1310. The molecule has 1 saturated carbocycles. The summed E-state index contributed by atoms with van der Waals surface area (Å²) in [7, 11) is 1.42. The molecule has 1 aliphatic heterocycles. The summed E-state index contributed by atoms with van der Waals surface area (Å²) in [4.78, 5) is 0. The number of aromatic nitrogens is 6. The van der Waals surface area contributed by atoms with Crippen LogP contribution in [-0.2, 0) is 21.4 Å². The van der Waals surface area contributed by atoms with Crippen LogP contribution in [0.4, 0.5) is 13.2 Å². The standard InChI is InChI=1S/C24H26F3N7O4/c1-37-23-17(9-33-10-19(30-31-33)24(12-28)4-2-3-5-24)38-18(11-35)22(36)21(23)34-8-16(29-32-34)13-6-14(25)20(27)15(26)7-13/h6-8,10,17-18,21-23,35-36H,2-5,9,11H2,1H3/t17-,18-,21+,22+,23+/m1/s1. The van der Waals surface area contributed by atoms with Crippen LogP contribution in [0.15, 0.2) is 24.5 Å². The van der Waals surface area contributed by atoms with Gasteiger partial charge in [-0.1, -0.05) is 23.3 Å². The van der Waals surface area contributed by atoms with Crippen molar-refractivity contribution in [1.82, 2.24) is 30.0 Å². The van der Waals surface area contributed by atoms with E-state index in [1.165, 1.54) is 22.7 Å². The van der Waals surface area contributed by atoms with Crippen molar-refractivity contribution in [2.24, 2.45) is 0 Å². The SMILES string of the molecule is CO[C@@H]1[C@@H](n2cc(-c3cc(F)c(F)c(F)c3)nn2)[C@@H](O)[C@@H](CO)O[C@@H]1Cn1cc(C2(C#N)CCCC2)nn1. The lowest BCUT2D eigenvalue weighted by Gasteiger charge is -2.43. The van der Waals surface area contributed by atoms with Gasteiger partial charge in [0, 0.05) is 12.7 Å². The molecule has 11 nitrogen and oxygen atoms in total. The van der Waals surface area contributed by atoms with Crippen LogP contribution < -0.4 is 0 Å². The molecule has 1 saturated heterocycles. The van der Waals surface area contributed by atoms with Crippen molar-refractivity contribution in [1.29, 1.82) is 5.26 Å². The summed E-state index contributed by atoms with van der Waals surface area (Å²) < 4.78 is 55.4. The van der Waals surface area contributed by atoms with Crippen LogP contribution in [0.1, 0.15) is 37.4 Å². The lowest BCUT2D eigenvalue weighted by atomic mass is 9.85. The third kappa shape index (κ3) is 4.55. The quantitative estimate of drug-likeness (QED) is 0.433. The van der Waals surface area contributed by atoms with E-state index in [4.69, 9.17) is 9.47 Å². The minimum atomic E-state index is -1.60. The average Bonchev–Trinajstić information content (AvgIpc) is 3.69. The van der Waals surface area contributed by atoms with Gasteiger partial charge in [0.15, 0.2) is 17.5 Å². The van der Waals surface area contributed by atoms with Crippen LogP contribution in [0.5, 0.6) is 0 Å². The molecule has 0 radical (unpaired) electrons. The van der Waals surface area contributed by atoms with Crippen molar-refractivity contribution in [3.63, 3.8) is 0 Å². The van der Waals surface area contributed by atoms with Crippen LogP contribution in [0.25, 0.3) is 11.3 Å². The highest BCUT2D eigenvalue weighted by molar-refractivity contribution is 5.57. The van der Waals surface area contributed by atoms with Gasteiger partial charge < -0.3 is 19.7 Å². The Balaban J connectivity index is 1.43. The Morgan fingerprint density at radius 3 is 2.47 bits per heavy atom. The molecule has 0 bridgehead atoms. The smallest absolute Gasteiger partial charge is 0.194 e. The molecule has 0 amide bonds. The summed E-state index contributed by atoms with van der Waals surface area (Å²) in [6.07, 6.45) is 2.46. The maximum atomic E-state index is 13.8. The van der Waals surface area contributed by atoms with E-state index in [2.05, 4.69) is 26.7 Å². The predicted octanol–water partition coefficient (Wildman–Crippen LogP) is 1.67. The van der Waals surface area contributed by atoms with E-state index >= 15 is 0 Å². The van der Waals surface area contributed by atoms with Crippen LogP contribution in [0, 0.1) is 28.8 Å². The Kier molecular flexibility index (Phi) is 7.19. The van der Waals surface area contributed by atoms with Crippen LogP contribution in [-0.4, -0.2) is 78.3 Å². The van der Waals surface area contributed by atoms with E-state index in [0.717, 1.165) is 25.0 Å². The third-order valence-corrected chi connectivity index (χ3v) is 7.40. The number of nitriles is 1. The van der Waals surface area contributed by atoms with E-state index in [-0.39, 0.29) is 17.8 Å². The Labute approximate surface area is 215 Å². The summed E-state index contributed by atoms with van der Waals surface area (Å²) in [5, 5.41) is 47.0. The first-order chi connectivity index (χ1) is 18.3. The highest BCUT2D eigenvalue weighted by atomic mass is 19.2. The molecular formula is C24H26F3N7O4. The van der Waals surface area contributed by atoms with Crippen molar-refractivity contribution in [2.45, 2.75) is 68.1 Å². The fraction of sp³-hybridized carbons (Fsp3) is 0.542. The molecule has 2 aliphatic rings. The maximum Gasteiger partial charge on any atom is 0.194 e. The minimum Gasteiger partial charge on any atom is -0.394 e. The largest absolute Gasteiger partial charge is 0.394 e. The predicted molar refractivity (Wildman–Crippen MR) is 123 cm³/mol. The number of methoxy groups -OCH3 is 1. The summed E-state index contributed by atoms with van der Waals surface area (Å²) in [5.41, 5.74) is -0.105. The maximum absolute atomic E-state index is 13.8. The highest BCUT2D eigenvalue weighted by Crippen LogP contribution is 2.39. The number of nitrogens with zero attached hydrogens (tertiary/aromatic N) is 7. The lowest BCUT2D eigenvalue weighted by molar-refractivity contribution is -0.216. The second-order valence-electron chi connectivity index (χ2n) is 9.64. The average molecular weight is 534 g/mol. The van der Waals surface area contributed by atoms with Gasteiger partial charge >= 0.3 is 0 Å². The van der Waals surface area contributed by atoms with Crippen molar-refractivity contribution in [3.05, 3.63) is 47.7 Å². The Hall–Kier alpha value is -3.38. The van der Waals surface area contributed by atoms with E-state index in [1.54, 1.807) is 6.20 Å². The molecule has 14 heteroatoms. The molecule has 1 aliphatic carbocycles. The summed E-state index contributed by atoms with van der Waals surface area (Å²) in [6, 6.07) is 3.05. The van der Waals surface area contributed by atoms with E-state index in [0.29, 0.717) is 18.5 Å². The van der Waals surface area contributed by atoms with Crippen LogP contribution >= 0.6 is 0 Å². The van der Waals surface area contributed by atoms with E-state index in [1.807, 2.05) is 0 Å². The van der Waals surface area contributed by atoms with Gasteiger partial charge in [-0.2, -0.15) is 5.26 Å². The highest BCUT2D eigenvalue weighted by Gasteiger charge is 2.47. The Morgan fingerprint density at radius 1 is 1.13 bits per heavy atom. The molecule has 5 rings (SSSR count). The molecule has 202 valence electrons. The number of aliphatic hydroxyl groups excluding tert-OH is 2. The molecule has 3 heterocycles. The number of rotatable bonds is 7. The lowest BCUT2D eigenvalue weighted by Crippen LogP contribution is -2.57. The summed E-state index contributed by atoms with van der Waals surface area (Å²) >= 11 is 0. The first kappa shape index (κ1) is 26.2. The van der Waals surface area contributed by atoms with Gasteiger partial charge in [-0.25, -0.2) is 22.5 Å². The molecule has 2 N–H and O–H groups in total. The zero-order valence-electron chi connectivity index (χ0n) is 20.4. The molecule has 1 aromatic carbocycles. The monoisotopic (exact) mass is 533 g/mol. The van der Waals surface area contributed by atoms with Gasteiger partial charge in [0.25, 0.3) is 0 Å². The number of hydrogen-bond donors (Lipinski definition) is 2. The van der Waals surface area contributed by atoms with Gasteiger partial charge in [0.05, 0.1) is 31.6 Å². The summed E-state index contributed by atoms with van der Waals surface area (Å²) in [6.45, 7) is -0.386. The van der Waals surface area contributed by atoms with Crippen molar-refractivity contribution >= 4 is 0 Å². The third-order valence-electron chi connectivity index (χ3n) is 7.40. The topological polar surface area (TPSA) is 144 Å². The zero-order valence-corrected chi connectivity index (χ0v) is 20.4. The molecule has 3 aromatic rings. The minimum absolute atomic E-state index is 0.0349. The first-order valence-corrected chi connectivity index (χ1v) is 12.2. The molecule has 0 spiro atoms. The van der Waals surface area contributed by atoms with Gasteiger partial charge in [0.1, 0.15) is 47.3 Å². The summed E-state index contributed by atoms with van der Waals surface area (Å²) in [5.74, 6) is -4.35. The van der Waals surface area contributed by atoms with Crippen LogP contribution in [0.2, 0.25) is 0 Å². The van der Waals surface area contributed by atoms with Gasteiger partial charge in [-0.15, -0.1) is 10.2 Å². The number of benzene rings is 1. The second kappa shape index (κ2) is 10.4. The van der Waals surface area contributed by atoms with Gasteiger partial charge in [-0.3, -0.25) is 0 Å².